The Kier molecular flexibility index (Phi) is 3.90. The molecule has 2 heterocycles. The SMILES string of the molecule is CC1(CN2CCCC(Br)C2=O)CCOCC1. The Bertz CT molecular complexity index is 264. The number of nitrogens with zero attached hydrogens (tertiary/aromatic N) is 1. The molecule has 0 aromatic carbocycles. The van der Waals surface area contributed by atoms with Crippen LogP contribution in [0.5, 0.6) is 0 Å². The molecule has 92 valence electrons. The van der Waals surface area contributed by atoms with Gasteiger partial charge in [0.15, 0.2) is 0 Å². The lowest BCUT2D eigenvalue weighted by Crippen LogP contribution is -2.48. The Morgan fingerprint density at radius 3 is 2.88 bits per heavy atom. The van der Waals surface area contributed by atoms with E-state index in [1.54, 1.807) is 0 Å². The van der Waals surface area contributed by atoms with Crippen LogP contribution in [0.1, 0.15) is 32.6 Å². The van der Waals surface area contributed by atoms with Gasteiger partial charge < -0.3 is 9.64 Å². The largest absolute Gasteiger partial charge is 0.381 e. The van der Waals surface area contributed by atoms with Crippen molar-refractivity contribution in [2.24, 2.45) is 5.41 Å². The lowest BCUT2D eigenvalue weighted by molar-refractivity contribution is -0.135. The molecule has 2 aliphatic heterocycles. The molecule has 0 aromatic rings. The first-order valence-electron chi connectivity index (χ1n) is 6.11. The van der Waals surface area contributed by atoms with Crippen molar-refractivity contribution in [3.05, 3.63) is 0 Å². The number of ether oxygens (including phenoxy) is 1. The molecular formula is C12H20BrNO2. The van der Waals surface area contributed by atoms with Crippen LogP contribution in [-0.4, -0.2) is 41.9 Å². The van der Waals surface area contributed by atoms with E-state index in [-0.39, 0.29) is 16.1 Å². The van der Waals surface area contributed by atoms with Gasteiger partial charge in [0.1, 0.15) is 0 Å². The summed E-state index contributed by atoms with van der Waals surface area (Å²) in [6.07, 6.45) is 4.25. The van der Waals surface area contributed by atoms with Crippen molar-refractivity contribution in [3.63, 3.8) is 0 Å². The first-order chi connectivity index (χ1) is 7.61. The minimum Gasteiger partial charge on any atom is -0.381 e. The number of hydrogen-bond acceptors (Lipinski definition) is 2. The Morgan fingerprint density at radius 2 is 2.19 bits per heavy atom. The smallest absolute Gasteiger partial charge is 0.236 e. The molecule has 0 spiro atoms. The fourth-order valence-corrected chi connectivity index (χ4v) is 3.15. The van der Waals surface area contributed by atoms with Crippen molar-refractivity contribution >= 4 is 21.8 Å². The molecule has 0 aliphatic carbocycles. The molecule has 0 radical (unpaired) electrons. The summed E-state index contributed by atoms with van der Waals surface area (Å²) in [6.45, 7) is 5.79. The minimum atomic E-state index is 0.0460. The zero-order valence-electron chi connectivity index (χ0n) is 9.88. The van der Waals surface area contributed by atoms with Gasteiger partial charge in [-0.05, 0) is 31.1 Å². The fraction of sp³-hybridized carbons (Fsp3) is 0.917. The summed E-state index contributed by atoms with van der Waals surface area (Å²) in [5.74, 6) is 0.277. The van der Waals surface area contributed by atoms with Crippen LogP contribution < -0.4 is 0 Å². The summed E-state index contributed by atoms with van der Waals surface area (Å²) >= 11 is 3.46. The molecule has 1 amide bonds. The molecule has 16 heavy (non-hydrogen) atoms. The highest BCUT2D eigenvalue weighted by Crippen LogP contribution is 2.32. The predicted octanol–water partition coefficient (Wildman–Crippen LogP) is 2.19. The Labute approximate surface area is 106 Å². The second-order valence-corrected chi connectivity index (χ2v) is 6.40. The normalized spacial score (nSPS) is 30.5. The van der Waals surface area contributed by atoms with Gasteiger partial charge in [0.2, 0.25) is 5.91 Å². The van der Waals surface area contributed by atoms with Gasteiger partial charge in [0.25, 0.3) is 0 Å². The number of carbonyl (C=O) groups excluding carboxylic acids is 1. The summed E-state index contributed by atoms with van der Waals surface area (Å²) in [4.78, 5) is 14.1. The lowest BCUT2D eigenvalue weighted by atomic mass is 9.81. The van der Waals surface area contributed by atoms with Crippen LogP contribution in [0.4, 0.5) is 0 Å². The molecule has 2 rings (SSSR count). The van der Waals surface area contributed by atoms with Gasteiger partial charge in [-0.3, -0.25) is 4.79 Å². The van der Waals surface area contributed by atoms with Crippen LogP contribution >= 0.6 is 15.9 Å². The van der Waals surface area contributed by atoms with Crippen molar-refractivity contribution in [2.45, 2.75) is 37.4 Å². The molecule has 2 aliphatic rings. The molecule has 0 saturated carbocycles. The molecule has 2 saturated heterocycles. The third-order valence-corrected chi connectivity index (χ3v) is 4.59. The van der Waals surface area contributed by atoms with E-state index in [2.05, 4.69) is 22.9 Å². The maximum absolute atomic E-state index is 12.0. The summed E-state index contributed by atoms with van der Waals surface area (Å²) in [5, 5.41) is 0. The average molecular weight is 290 g/mol. The fourth-order valence-electron chi connectivity index (χ4n) is 2.53. The van der Waals surface area contributed by atoms with E-state index >= 15 is 0 Å². The van der Waals surface area contributed by atoms with E-state index in [9.17, 15) is 4.79 Å². The summed E-state index contributed by atoms with van der Waals surface area (Å²) in [6, 6.07) is 0. The number of amides is 1. The van der Waals surface area contributed by atoms with Crippen molar-refractivity contribution in [2.75, 3.05) is 26.3 Å². The van der Waals surface area contributed by atoms with Crippen molar-refractivity contribution < 1.29 is 9.53 Å². The van der Waals surface area contributed by atoms with Gasteiger partial charge in [-0.25, -0.2) is 0 Å². The zero-order chi connectivity index (χ0) is 11.6. The molecule has 1 unspecified atom stereocenters. The van der Waals surface area contributed by atoms with Gasteiger partial charge in [-0.1, -0.05) is 22.9 Å². The first kappa shape index (κ1) is 12.4. The van der Waals surface area contributed by atoms with Crippen LogP contribution in [0, 0.1) is 5.41 Å². The van der Waals surface area contributed by atoms with Crippen LogP contribution in [0.25, 0.3) is 0 Å². The Hall–Kier alpha value is -0.0900. The van der Waals surface area contributed by atoms with E-state index in [1.165, 1.54) is 0 Å². The van der Waals surface area contributed by atoms with Gasteiger partial charge in [0.05, 0.1) is 4.83 Å². The molecule has 2 fully saturated rings. The number of piperidine rings is 1. The summed E-state index contributed by atoms with van der Waals surface area (Å²) in [5.41, 5.74) is 0.262. The van der Waals surface area contributed by atoms with Gasteiger partial charge in [-0.2, -0.15) is 0 Å². The van der Waals surface area contributed by atoms with Crippen molar-refractivity contribution in [1.82, 2.24) is 4.90 Å². The molecular weight excluding hydrogens is 270 g/mol. The third-order valence-electron chi connectivity index (χ3n) is 3.74. The van der Waals surface area contributed by atoms with E-state index in [0.29, 0.717) is 0 Å². The standard InChI is InChI=1S/C12H20BrNO2/c1-12(4-7-16-8-5-12)9-14-6-2-3-10(13)11(14)15/h10H,2-9H2,1H3. The third kappa shape index (κ3) is 2.77. The lowest BCUT2D eigenvalue weighted by Gasteiger charge is -2.40. The maximum Gasteiger partial charge on any atom is 0.236 e. The highest BCUT2D eigenvalue weighted by Gasteiger charge is 2.34. The molecule has 1 atom stereocenters. The second-order valence-electron chi connectivity index (χ2n) is 5.29. The zero-order valence-corrected chi connectivity index (χ0v) is 11.5. The van der Waals surface area contributed by atoms with Gasteiger partial charge in [0, 0.05) is 26.3 Å². The number of rotatable bonds is 2. The van der Waals surface area contributed by atoms with Gasteiger partial charge in [-0.15, -0.1) is 0 Å². The van der Waals surface area contributed by atoms with E-state index < -0.39 is 0 Å². The predicted molar refractivity (Wildman–Crippen MR) is 66.7 cm³/mol. The summed E-state index contributed by atoms with van der Waals surface area (Å²) in [7, 11) is 0. The molecule has 0 N–H and O–H groups in total. The number of carbonyl (C=O) groups is 1. The quantitative estimate of drug-likeness (QED) is 0.730. The van der Waals surface area contributed by atoms with Crippen LogP contribution in [0.15, 0.2) is 0 Å². The molecule has 4 heteroatoms. The summed E-state index contributed by atoms with van der Waals surface area (Å²) < 4.78 is 5.39. The number of likely N-dealkylation sites (tertiary alicyclic amines) is 1. The van der Waals surface area contributed by atoms with Gasteiger partial charge >= 0.3 is 0 Å². The van der Waals surface area contributed by atoms with Crippen molar-refractivity contribution in [3.8, 4) is 0 Å². The molecule has 0 aromatic heterocycles. The number of hydrogen-bond donors (Lipinski definition) is 0. The minimum absolute atomic E-state index is 0.0460. The topological polar surface area (TPSA) is 29.5 Å². The van der Waals surface area contributed by atoms with Crippen molar-refractivity contribution in [1.29, 1.82) is 0 Å². The highest BCUT2D eigenvalue weighted by atomic mass is 79.9. The van der Waals surface area contributed by atoms with Crippen LogP contribution in [-0.2, 0) is 9.53 Å². The Morgan fingerprint density at radius 1 is 1.50 bits per heavy atom. The molecule has 0 bridgehead atoms. The number of alkyl halides is 1. The van der Waals surface area contributed by atoms with E-state index in [0.717, 1.165) is 52.0 Å². The van der Waals surface area contributed by atoms with Crippen LogP contribution in [0.2, 0.25) is 0 Å². The monoisotopic (exact) mass is 289 g/mol. The molecule has 3 nitrogen and oxygen atoms in total. The highest BCUT2D eigenvalue weighted by molar-refractivity contribution is 9.10. The average Bonchev–Trinajstić information content (AvgIpc) is 2.26. The Balaban J connectivity index is 1.94. The maximum atomic E-state index is 12.0. The second kappa shape index (κ2) is 5.05. The van der Waals surface area contributed by atoms with Crippen LogP contribution in [0.3, 0.4) is 0 Å². The van der Waals surface area contributed by atoms with E-state index in [4.69, 9.17) is 4.74 Å². The number of halogens is 1. The first-order valence-corrected chi connectivity index (χ1v) is 7.03. The van der Waals surface area contributed by atoms with E-state index in [1.807, 2.05) is 4.90 Å².